The number of anilines is 1. The summed E-state index contributed by atoms with van der Waals surface area (Å²) in [6.45, 7) is 0.617. The summed E-state index contributed by atoms with van der Waals surface area (Å²) in [5.74, 6) is -1.93. The van der Waals surface area contributed by atoms with Crippen LogP contribution in [0.4, 0.5) is 18.9 Å². The van der Waals surface area contributed by atoms with Crippen molar-refractivity contribution in [1.29, 1.82) is 0 Å². The summed E-state index contributed by atoms with van der Waals surface area (Å²) >= 11 is 0. The molecule has 2 aliphatic rings. The lowest BCUT2D eigenvalue weighted by Gasteiger charge is -2.32. The fourth-order valence-electron chi connectivity index (χ4n) is 2.92. The third-order valence-corrected chi connectivity index (χ3v) is 4.13. The molecule has 6 nitrogen and oxygen atoms in total. The van der Waals surface area contributed by atoms with E-state index in [1.165, 1.54) is 0 Å². The minimum absolute atomic E-state index is 0.00610. The Hall–Kier alpha value is -2.45. The van der Waals surface area contributed by atoms with Gasteiger partial charge in [-0.3, -0.25) is 9.59 Å². The molecule has 2 amide bonds. The molecule has 1 saturated heterocycles. The maximum Gasteiger partial charge on any atom is 0.471 e. The lowest BCUT2D eigenvalue weighted by atomic mass is 9.97. The van der Waals surface area contributed by atoms with Crippen molar-refractivity contribution in [3.8, 4) is 11.5 Å². The minimum Gasteiger partial charge on any atom is -0.486 e. The van der Waals surface area contributed by atoms with Crippen molar-refractivity contribution in [3.63, 3.8) is 0 Å². The smallest absolute Gasteiger partial charge is 0.471 e. The number of ether oxygens (including phenoxy) is 2. The normalized spacial score (nSPS) is 20.1. The van der Waals surface area contributed by atoms with Crippen molar-refractivity contribution in [3.05, 3.63) is 18.2 Å². The Morgan fingerprint density at radius 3 is 2.60 bits per heavy atom. The van der Waals surface area contributed by atoms with Crippen LogP contribution in [-0.4, -0.2) is 49.2 Å². The highest BCUT2D eigenvalue weighted by molar-refractivity contribution is 5.93. The van der Waals surface area contributed by atoms with E-state index in [1.54, 1.807) is 18.2 Å². The number of halogens is 3. The zero-order valence-corrected chi connectivity index (χ0v) is 13.3. The number of nitrogens with zero attached hydrogens (tertiary/aromatic N) is 1. The number of hydrogen-bond donors (Lipinski definition) is 1. The van der Waals surface area contributed by atoms with E-state index in [2.05, 4.69) is 5.32 Å². The highest BCUT2D eigenvalue weighted by Gasteiger charge is 2.44. The fraction of sp³-hybridized carbons (Fsp3) is 0.500. The molecule has 1 atom stereocenters. The standard InChI is InChI=1S/C16H17F3N2O4/c17-16(18,19)15(23)21-5-1-2-10(9-21)14(22)20-11-3-4-12-13(8-11)25-7-6-24-12/h3-4,8,10H,1-2,5-7,9H2,(H,20,22). The summed E-state index contributed by atoms with van der Waals surface area (Å²) in [6, 6.07) is 4.89. The van der Waals surface area contributed by atoms with E-state index in [0.717, 1.165) is 0 Å². The first kappa shape index (κ1) is 17.4. The van der Waals surface area contributed by atoms with E-state index in [4.69, 9.17) is 9.47 Å². The quantitative estimate of drug-likeness (QED) is 0.880. The third-order valence-electron chi connectivity index (χ3n) is 4.13. The zero-order chi connectivity index (χ0) is 18.0. The fourth-order valence-corrected chi connectivity index (χ4v) is 2.92. The molecule has 0 bridgehead atoms. The highest BCUT2D eigenvalue weighted by Crippen LogP contribution is 2.33. The molecule has 1 unspecified atom stereocenters. The van der Waals surface area contributed by atoms with E-state index >= 15 is 0 Å². The average molecular weight is 358 g/mol. The topological polar surface area (TPSA) is 67.9 Å². The number of alkyl halides is 3. The van der Waals surface area contributed by atoms with E-state index in [-0.39, 0.29) is 13.1 Å². The van der Waals surface area contributed by atoms with Gasteiger partial charge in [0.05, 0.1) is 5.92 Å². The van der Waals surface area contributed by atoms with Crippen molar-refractivity contribution >= 4 is 17.5 Å². The first-order valence-corrected chi connectivity index (χ1v) is 7.91. The zero-order valence-electron chi connectivity index (χ0n) is 13.3. The molecule has 0 aromatic heterocycles. The van der Waals surface area contributed by atoms with Crippen LogP contribution in [0.1, 0.15) is 12.8 Å². The summed E-state index contributed by atoms with van der Waals surface area (Å²) in [7, 11) is 0. The molecular formula is C16H17F3N2O4. The molecule has 0 radical (unpaired) electrons. The van der Waals surface area contributed by atoms with Crippen LogP contribution in [0.5, 0.6) is 11.5 Å². The van der Waals surface area contributed by atoms with Gasteiger partial charge in [-0.1, -0.05) is 0 Å². The van der Waals surface area contributed by atoms with E-state index < -0.39 is 23.9 Å². The lowest BCUT2D eigenvalue weighted by Crippen LogP contribution is -2.48. The second-order valence-corrected chi connectivity index (χ2v) is 5.94. The van der Waals surface area contributed by atoms with Gasteiger partial charge < -0.3 is 19.7 Å². The summed E-state index contributed by atoms with van der Waals surface area (Å²) < 4.78 is 48.5. The molecule has 0 saturated carbocycles. The van der Waals surface area contributed by atoms with Crippen LogP contribution in [-0.2, 0) is 9.59 Å². The Morgan fingerprint density at radius 1 is 1.16 bits per heavy atom. The summed E-state index contributed by atoms with van der Waals surface area (Å²) in [5.41, 5.74) is 0.466. The Balaban J connectivity index is 1.64. The number of likely N-dealkylation sites (tertiary alicyclic amines) is 1. The van der Waals surface area contributed by atoms with Crippen molar-refractivity contribution in [1.82, 2.24) is 4.90 Å². The van der Waals surface area contributed by atoms with Gasteiger partial charge in [0, 0.05) is 24.8 Å². The second-order valence-electron chi connectivity index (χ2n) is 5.94. The molecule has 0 aliphatic carbocycles. The first-order chi connectivity index (χ1) is 11.8. The molecule has 3 rings (SSSR count). The lowest BCUT2D eigenvalue weighted by molar-refractivity contribution is -0.187. The van der Waals surface area contributed by atoms with Crippen molar-refractivity contribution < 1.29 is 32.2 Å². The number of benzene rings is 1. The predicted octanol–water partition coefficient (Wildman–Crippen LogP) is 2.20. The van der Waals surface area contributed by atoms with Gasteiger partial charge in [-0.15, -0.1) is 0 Å². The number of rotatable bonds is 2. The van der Waals surface area contributed by atoms with Gasteiger partial charge in [0.1, 0.15) is 13.2 Å². The Bertz CT molecular complexity index is 678. The molecule has 136 valence electrons. The SMILES string of the molecule is O=C(Nc1ccc2c(c1)OCCO2)C1CCCN(C(=O)C(F)(F)F)C1. The van der Waals surface area contributed by atoms with Gasteiger partial charge in [0.2, 0.25) is 5.91 Å². The van der Waals surface area contributed by atoms with Gasteiger partial charge in [-0.25, -0.2) is 0 Å². The number of nitrogens with one attached hydrogen (secondary N) is 1. The summed E-state index contributed by atoms with van der Waals surface area (Å²) in [5, 5.41) is 2.67. The number of carbonyl (C=O) groups excluding carboxylic acids is 2. The average Bonchev–Trinajstić information content (AvgIpc) is 2.60. The summed E-state index contributed by atoms with van der Waals surface area (Å²) in [4.78, 5) is 24.4. The van der Waals surface area contributed by atoms with Gasteiger partial charge in [0.25, 0.3) is 0 Å². The molecule has 0 spiro atoms. The number of carbonyl (C=O) groups is 2. The number of hydrogen-bond acceptors (Lipinski definition) is 4. The van der Waals surface area contributed by atoms with Gasteiger partial charge in [0.15, 0.2) is 11.5 Å². The second kappa shape index (κ2) is 6.81. The van der Waals surface area contributed by atoms with Gasteiger partial charge in [-0.2, -0.15) is 13.2 Å². The van der Waals surface area contributed by atoms with Crippen LogP contribution in [0, 0.1) is 5.92 Å². The van der Waals surface area contributed by atoms with E-state index in [0.29, 0.717) is 48.1 Å². The van der Waals surface area contributed by atoms with Gasteiger partial charge >= 0.3 is 12.1 Å². The number of amides is 2. The molecule has 9 heteroatoms. The van der Waals surface area contributed by atoms with Crippen molar-refractivity contribution in [2.45, 2.75) is 19.0 Å². The van der Waals surface area contributed by atoms with Crippen LogP contribution >= 0.6 is 0 Å². The molecule has 2 heterocycles. The Morgan fingerprint density at radius 2 is 1.88 bits per heavy atom. The van der Waals surface area contributed by atoms with Gasteiger partial charge in [-0.05, 0) is 25.0 Å². The Kier molecular flexibility index (Phi) is 4.73. The number of piperidine rings is 1. The third kappa shape index (κ3) is 3.97. The molecule has 1 aromatic carbocycles. The van der Waals surface area contributed by atoms with Crippen LogP contribution in [0.15, 0.2) is 18.2 Å². The van der Waals surface area contributed by atoms with Crippen LogP contribution in [0.3, 0.4) is 0 Å². The van der Waals surface area contributed by atoms with Crippen LogP contribution < -0.4 is 14.8 Å². The highest BCUT2D eigenvalue weighted by atomic mass is 19.4. The van der Waals surface area contributed by atoms with E-state index in [9.17, 15) is 22.8 Å². The first-order valence-electron chi connectivity index (χ1n) is 7.91. The number of fused-ring (bicyclic) bond motifs is 1. The Labute approximate surface area is 141 Å². The maximum atomic E-state index is 12.6. The monoisotopic (exact) mass is 358 g/mol. The molecule has 1 N–H and O–H groups in total. The molecule has 25 heavy (non-hydrogen) atoms. The predicted molar refractivity (Wildman–Crippen MR) is 81.4 cm³/mol. The van der Waals surface area contributed by atoms with Crippen molar-refractivity contribution in [2.24, 2.45) is 5.92 Å². The maximum absolute atomic E-state index is 12.6. The molecule has 1 aromatic rings. The van der Waals surface area contributed by atoms with Crippen LogP contribution in [0.25, 0.3) is 0 Å². The van der Waals surface area contributed by atoms with Crippen LogP contribution in [0.2, 0.25) is 0 Å². The summed E-state index contributed by atoms with van der Waals surface area (Å²) in [6.07, 6.45) is -4.15. The van der Waals surface area contributed by atoms with E-state index in [1.807, 2.05) is 0 Å². The largest absolute Gasteiger partial charge is 0.486 e. The molecule has 1 fully saturated rings. The molecule has 2 aliphatic heterocycles. The van der Waals surface area contributed by atoms with Crippen molar-refractivity contribution in [2.75, 3.05) is 31.6 Å². The minimum atomic E-state index is -4.92. The molecular weight excluding hydrogens is 341 g/mol.